The first-order valence-corrected chi connectivity index (χ1v) is 9.51. The Morgan fingerprint density at radius 2 is 2.21 bits per heavy atom. The largest absolute Gasteiger partial charge is 0.464 e. The standard InChI is InChI=1S/C18H23N3O2S/c1-11-7-16(11)17-6-5-15(23-17)9-21(14-3-4-14)8-13-10-24-18(20-13)19-12(2)22/h5-6,10-11,14,16H,3-4,7-9H2,1-2H3,(H,19,20,22)/t11-,16-/m1/s1. The fourth-order valence-corrected chi connectivity index (χ4v) is 3.89. The van der Waals surface area contributed by atoms with E-state index in [4.69, 9.17) is 4.42 Å². The summed E-state index contributed by atoms with van der Waals surface area (Å²) in [4.78, 5) is 18.1. The zero-order chi connectivity index (χ0) is 16.7. The van der Waals surface area contributed by atoms with Crippen LogP contribution in [0, 0.1) is 5.92 Å². The van der Waals surface area contributed by atoms with Crippen molar-refractivity contribution in [1.82, 2.24) is 9.88 Å². The third-order valence-electron chi connectivity index (χ3n) is 4.78. The van der Waals surface area contributed by atoms with Gasteiger partial charge >= 0.3 is 0 Å². The molecule has 4 rings (SSSR count). The molecule has 128 valence electrons. The monoisotopic (exact) mass is 345 g/mol. The lowest BCUT2D eigenvalue weighted by atomic mass is 10.3. The van der Waals surface area contributed by atoms with Gasteiger partial charge in [0.15, 0.2) is 5.13 Å². The molecule has 2 atom stereocenters. The van der Waals surface area contributed by atoms with Gasteiger partial charge in [0.05, 0.1) is 12.2 Å². The Bertz CT molecular complexity index is 734. The Balaban J connectivity index is 1.40. The number of hydrogen-bond acceptors (Lipinski definition) is 5. The molecule has 24 heavy (non-hydrogen) atoms. The Hall–Kier alpha value is -1.66. The number of nitrogens with zero attached hydrogens (tertiary/aromatic N) is 2. The lowest BCUT2D eigenvalue weighted by Crippen LogP contribution is -2.25. The van der Waals surface area contributed by atoms with Crippen molar-refractivity contribution in [2.45, 2.75) is 58.2 Å². The van der Waals surface area contributed by atoms with Crippen molar-refractivity contribution in [3.8, 4) is 0 Å². The summed E-state index contributed by atoms with van der Waals surface area (Å²) in [6.45, 7) is 5.42. The second-order valence-electron chi connectivity index (χ2n) is 7.08. The van der Waals surface area contributed by atoms with Crippen LogP contribution in [0.5, 0.6) is 0 Å². The van der Waals surface area contributed by atoms with Crippen molar-refractivity contribution >= 4 is 22.4 Å². The summed E-state index contributed by atoms with van der Waals surface area (Å²) in [5.74, 6) is 3.52. The van der Waals surface area contributed by atoms with Gasteiger partial charge in [-0.05, 0) is 37.3 Å². The van der Waals surface area contributed by atoms with E-state index in [1.807, 2.05) is 5.38 Å². The maximum Gasteiger partial charge on any atom is 0.223 e. The summed E-state index contributed by atoms with van der Waals surface area (Å²) in [6.07, 6.45) is 3.75. The topological polar surface area (TPSA) is 58.4 Å². The molecule has 5 nitrogen and oxygen atoms in total. The van der Waals surface area contributed by atoms with E-state index in [0.717, 1.165) is 36.2 Å². The van der Waals surface area contributed by atoms with Crippen molar-refractivity contribution in [2.75, 3.05) is 5.32 Å². The molecule has 2 saturated carbocycles. The Morgan fingerprint density at radius 1 is 1.42 bits per heavy atom. The van der Waals surface area contributed by atoms with E-state index < -0.39 is 0 Å². The molecule has 0 aliphatic heterocycles. The fraction of sp³-hybridized carbons (Fsp3) is 0.556. The first-order valence-electron chi connectivity index (χ1n) is 8.63. The summed E-state index contributed by atoms with van der Waals surface area (Å²) < 4.78 is 6.07. The minimum atomic E-state index is -0.0765. The van der Waals surface area contributed by atoms with Crippen molar-refractivity contribution in [3.63, 3.8) is 0 Å². The molecule has 6 heteroatoms. The predicted octanol–water partition coefficient (Wildman–Crippen LogP) is 3.98. The van der Waals surface area contributed by atoms with Crippen LogP contribution in [0.1, 0.15) is 56.2 Å². The number of anilines is 1. The normalized spacial score (nSPS) is 22.8. The number of amides is 1. The minimum Gasteiger partial charge on any atom is -0.464 e. The van der Waals surface area contributed by atoms with Crippen molar-refractivity contribution in [3.05, 3.63) is 34.7 Å². The maximum absolute atomic E-state index is 11.1. The van der Waals surface area contributed by atoms with Crippen LogP contribution in [0.2, 0.25) is 0 Å². The summed E-state index contributed by atoms with van der Waals surface area (Å²) >= 11 is 1.48. The molecule has 2 aliphatic carbocycles. The molecular weight excluding hydrogens is 322 g/mol. The lowest BCUT2D eigenvalue weighted by Gasteiger charge is -2.19. The molecule has 2 aromatic heterocycles. The van der Waals surface area contributed by atoms with Crippen molar-refractivity contribution in [1.29, 1.82) is 0 Å². The Morgan fingerprint density at radius 3 is 2.88 bits per heavy atom. The van der Waals surface area contributed by atoms with Crippen LogP contribution in [0.3, 0.4) is 0 Å². The molecule has 0 aromatic carbocycles. The van der Waals surface area contributed by atoms with Gasteiger partial charge in [-0.2, -0.15) is 0 Å². The van der Waals surface area contributed by atoms with Crippen molar-refractivity contribution in [2.24, 2.45) is 5.92 Å². The smallest absolute Gasteiger partial charge is 0.223 e. The van der Waals surface area contributed by atoms with Gasteiger partial charge in [0, 0.05) is 30.8 Å². The molecule has 0 radical (unpaired) electrons. The van der Waals surface area contributed by atoms with Gasteiger partial charge in [-0.15, -0.1) is 11.3 Å². The van der Waals surface area contributed by atoms with Gasteiger partial charge in [0.25, 0.3) is 0 Å². The molecule has 0 bridgehead atoms. The molecule has 0 unspecified atom stereocenters. The molecular formula is C18H23N3O2S. The molecule has 2 aliphatic rings. The van der Waals surface area contributed by atoms with Crippen LogP contribution < -0.4 is 5.32 Å². The third-order valence-corrected chi connectivity index (χ3v) is 5.59. The van der Waals surface area contributed by atoms with Gasteiger partial charge in [0.1, 0.15) is 11.5 Å². The summed E-state index contributed by atoms with van der Waals surface area (Å²) in [6, 6.07) is 4.90. The van der Waals surface area contributed by atoms with E-state index in [1.54, 1.807) is 0 Å². The van der Waals surface area contributed by atoms with E-state index >= 15 is 0 Å². The molecule has 1 N–H and O–H groups in total. The first kappa shape index (κ1) is 15.8. The zero-order valence-corrected chi connectivity index (χ0v) is 14.9. The molecule has 2 aromatic rings. The second-order valence-corrected chi connectivity index (χ2v) is 7.94. The number of aromatic nitrogens is 1. The highest BCUT2D eigenvalue weighted by molar-refractivity contribution is 7.13. The Labute approximate surface area is 146 Å². The maximum atomic E-state index is 11.1. The average Bonchev–Trinajstić information content (AvgIpc) is 3.41. The quantitative estimate of drug-likeness (QED) is 0.824. The highest BCUT2D eigenvalue weighted by Crippen LogP contribution is 2.47. The van der Waals surface area contributed by atoms with Crippen LogP contribution in [0.15, 0.2) is 21.9 Å². The van der Waals surface area contributed by atoms with Crippen LogP contribution in [0.4, 0.5) is 5.13 Å². The second kappa shape index (κ2) is 6.33. The van der Waals surface area contributed by atoms with Crippen LogP contribution in [0.25, 0.3) is 0 Å². The van der Waals surface area contributed by atoms with E-state index in [9.17, 15) is 4.79 Å². The van der Waals surface area contributed by atoms with E-state index in [-0.39, 0.29) is 5.91 Å². The molecule has 2 fully saturated rings. The molecule has 1 amide bonds. The van der Waals surface area contributed by atoms with Crippen LogP contribution in [-0.2, 0) is 17.9 Å². The first-order chi connectivity index (χ1) is 11.6. The number of rotatable bonds is 7. The molecule has 2 heterocycles. The Kier molecular flexibility index (Phi) is 4.18. The fourth-order valence-electron chi connectivity index (χ4n) is 3.15. The molecule has 0 saturated heterocycles. The summed E-state index contributed by atoms with van der Waals surface area (Å²) in [5.41, 5.74) is 1.01. The van der Waals surface area contributed by atoms with E-state index in [1.165, 1.54) is 37.5 Å². The highest BCUT2D eigenvalue weighted by atomic mass is 32.1. The zero-order valence-electron chi connectivity index (χ0n) is 14.1. The number of hydrogen-bond donors (Lipinski definition) is 1. The highest BCUT2D eigenvalue weighted by Gasteiger charge is 2.37. The van der Waals surface area contributed by atoms with E-state index in [0.29, 0.717) is 17.1 Å². The molecule has 0 spiro atoms. The van der Waals surface area contributed by atoms with Crippen LogP contribution >= 0.6 is 11.3 Å². The van der Waals surface area contributed by atoms with Crippen LogP contribution in [-0.4, -0.2) is 21.8 Å². The number of thiazole rings is 1. The van der Waals surface area contributed by atoms with E-state index in [2.05, 4.69) is 34.3 Å². The average molecular weight is 345 g/mol. The SMILES string of the molecule is CC(=O)Nc1nc(CN(Cc2ccc([C@@H]3C[C@H]3C)o2)C2CC2)cs1. The number of nitrogens with one attached hydrogen (secondary N) is 1. The third kappa shape index (κ3) is 3.70. The van der Waals surface area contributed by atoms with Gasteiger partial charge in [-0.25, -0.2) is 4.98 Å². The number of carbonyl (C=O) groups excluding carboxylic acids is 1. The van der Waals surface area contributed by atoms with Gasteiger partial charge in [0.2, 0.25) is 5.91 Å². The van der Waals surface area contributed by atoms with Gasteiger partial charge in [-0.3, -0.25) is 9.69 Å². The van der Waals surface area contributed by atoms with Gasteiger partial charge < -0.3 is 9.73 Å². The predicted molar refractivity (Wildman–Crippen MR) is 93.9 cm³/mol. The summed E-state index contributed by atoms with van der Waals surface area (Å²) in [5, 5.41) is 5.46. The minimum absolute atomic E-state index is 0.0765. The summed E-state index contributed by atoms with van der Waals surface area (Å²) in [7, 11) is 0. The lowest BCUT2D eigenvalue weighted by molar-refractivity contribution is -0.114. The number of furan rings is 1. The van der Waals surface area contributed by atoms with Crippen molar-refractivity contribution < 1.29 is 9.21 Å². The number of carbonyl (C=O) groups is 1. The van der Waals surface area contributed by atoms with Gasteiger partial charge in [-0.1, -0.05) is 6.92 Å².